The van der Waals surface area contributed by atoms with Gasteiger partial charge < -0.3 is 83.7 Å². The van der Waals surface area contributed by atoms with Crippen molar-refractivity contribution in [2.24, 2.45) is 71.0 Å². The first-order valence-corrected chi connectivity index (χ1v) is 47.8. The number of ether oxygens (including phenoxy) is 10. The predicted molar refractivity (Wildman–Crippen MR) is 472 cm³/mol. The molecule has 6 aliphatic carbocycles. The van der Waals surface area contributed by atoms with Crippen LogP contribution in [0.1, 0.15) is 176 Å². The number of urea groups is 2. The Hall–Kier alpha value is -9.27. The van der Waals surface area contributed by atoms with E-state index in [0.29, 0.717) is 44.8 Å². The van der Waals surface area contributed by atoms with Gasteiger partial charge in [-0.1, -0.05) is 141 Å². The summed E-state index contributed by atoms with van der Waals surface area (Å²) < 4.78 is 64.5. The van der Waals surface area contributed by atoms with Gasteiger partial charge in [-0.25, -0.2) is 34.9 Å². The standard InChI is InChI=1S/C32H45N3O8.C32H44N2O7.C30H51N3O7Si/c1-20-15-23-8-5-21(2)27(30(23)28(16-20)43-32(38)34-13-14-41-35-31(37)33-3)12-11-25-17-26(18-29(36)42-25)40-19-22-6-9-24(39-4)10-7-22;1-20-15-23-8-5-21(2)27(31(23)28(16-20)41-32(37)34-14-13-29(35)33-3)12-11-25-17-26(18-30(36)40-25)39-19-22-6-9-24(38-4)10-7-22;1-19-15-21-10-9-20(2)24(27(21)25(16-19)39-29(36)32-13-14-37-33-28(35)31-6)12-11-22-17-23(18-26(34)38-22)40-41(7,8)30(3,4)5/h5-10,15,20-21,25-28,30H,11-14,16-19H2,1-4H3,(H,34,38)(H2,33,35,37);5-10,15,20-21,25-28,31H,11-14,16-19H2,1-4H3,(H,33,35)(H,34,37);9-10,15,19-20,22-25,27H,11-14,16-18H2,1-8H3,(H,32,36)(H2,31,33,35)/t20-,21-,25+,26+,27-,28-,30-;20-,21-,25+,26+,27-,28-,31-;19-,20-,22+,23+,24-,25-,27-/m000/s1. The van der Waals surface area contributed by atoms with E-state index >= 15 is 0 Å². The van der Waals surface area contributed by atoms with E-state index in [2.05, 4.69) is 173 Å². The van der Waals surface area contributed by atoms with Crippen LogP contribution in [-0.2, 0) is 84.4 Å². The van der Waals surface area contributed by atoms with Gasteiger partial charge in [-0.3, -0.25) is 28.9 Å². The lowest BCUT2D eigenvalue weighted by molar-refractivity contribution is -0.165. The molecule has 9 aliphatic rings. The van der Waals surface area contributed by atoms with Crippen molar-refractivity contribution in [1.29, 1.82) is 0 Å². The molecule has 0 radical (unpaired) electrons. The second-order valence-corrected chi connectivity index (χ2v) is 41.2. The summed E-state index contributed by atoms with van der Waals surface area (Å²) in [7, 11) is 5.80. The molecule has 3 heterocycles. The van der Waals surface area contributed by atoms with Crippen molar-refractivity contribution < 1.29 is 105 Å². The monoisotopic (exact) mass is 1760 g/mol. The van der Waals surface area contributed by atoms with Crippen molar-refractivity contribution in [3.05, 3.63) is 131 Å². The minimum atomic E-state index is -2.00. The summed E-state index contributed by atoms with van der Waals surface area (Å²) in [6.07, 6.45) is 26.6. The highest BCUT2D eigenvalue weighted by atomic mass is 28.4. The number of benzene rings is 2. The third-order valence-electron chi connectivity index (χ3n) is 25.9. The molecule has 2 aromatic rings. The molecule has 8 amide bonds. The fraction of sp³-hybridized carbons (Fsp3) is 0.649. The molecule has 0 spiro atoms. The van der Waals surface area contributed by atoms with E-state index < -0.39 is 38.7 Å². The van der Waals surface area contributed by atoms with Gasteiger partial charge in [-0.05, 0) is 181 Å². The first-order valence-electron chi connectivity index (χ1n) is 44.9. The van der Waals surface area contributed by atoms with Crippen molar-refractivity contribution in [2.75, 3.05) is 68.2 Å². The Morgan fingerprint density at radius 2 is 0.784 bits per heavy atom. The fourth-order valence-electron chi connectivity index (χ4n) is 18.4. The van der Waals surface area contributed by atoms with Crippen LogP contribution >= 0.6 is 0 Å². The number of esters is 3. The number of cyclic esters (lactones) is 3. The molecule has 0 unspecified atom stereocenters. The molecule has 31 heteroatoms. The topological polar surface area (TPSA) is 370 Å². The number of hydrogen-bond donors (Lipinski definition) is 8. The molecule has 8 N–H and O–H groups in total. The van der Waals surface area contributed by atoms with Gasteiger partial charge in [0.05, 0.1) is 78.2 Å². The molecular weight excluding hydrogens is 1620 g/mol. The first-order chi connectivity index (χ1) is 59.7. The van der Waals surface area contributed by atoms with Gasteiger partial charge in [0, 0.05) is 84.2 Å². The maximum Gasteiger partial charge on any atom is 0.407 e. The van der Waals surface area contributed by atoms with E-state index in [1.54, 1.807) is 21.3 Å². The van der Waals surface area contributed by atoms with E-state index in [9.17, 15) is 43.2 Å². The Morgan fingerprint density at radius 1 is 0.448 bits per heavy atom. The highest BCUT2D eigenvalue weighted by Gasteiger charge is 2.48. The second-order valence-electron chi connectivity index (χ2n) is 36.4. The van der Waals surface area contributed by atoms with Gasteiger partial charge >= 0.3 is 48.2 Å². The van der Waals surface area contributed by atoms with Gasteiger partial charge in [-0.15, -0.1) is 0 Å². The smallest absolute Gasteiger partial charge is 0.407 e. The molecule has 30 nitrogen and oxygen atoms in total. The highest BCUT2D eigenvalue weighted by molar-refractivity contribution is 6.74. The number of methoxy groups -OCH3 is 2. The van der Waals surface area contributed by atoms with E-state index in [1.165, 1.54) is 30.8 Å². The molecule has 125 heavy (non-hydrogen) atoms. The zero-order valence-corrected chi connectivity index (χ0v) is 77.2. The first kappa shape index (κ1) is 99.5. The summed E-state index contributed by atoms with van der Waals surface area (Å²) >= 11 is 0. The van der Waals surface area contributed by atoms with Crippen LogP contribution in [0.25, 0.3) is 0 Å². The third kappa shape index (κ3) is 31.0. The number of rotatable bonds is 33. The van der Waals surface area contributed by atoms with E-state index in [4.69, 9.17) is 61.5 Å². The Labute approximate surface area is 739 Å². The number of hydrogen-bond acceptors (Lipinski definition) is 22. The summed E-state index contributed by atoms with van der Waals surface area (Å²) in [6.45, 7) is 25.8. The van der Waals surface area contributed by atoms with Crippen molar-refractivity contribution in [1.82, 2.24) is 42.9 Å². The van der Waals surface area contributed by atoms with Crippen LogP contribution in [0.2, 0.25) is 18.1 Å². The Kier molecular flexibility index (Phi) is 38.7. The molecule has 2 aromatic carbocycles. The molecule has 692 valence electrons. The van der Waals surface area contributed by atoms with Gasteiger partial charge in [0.2, 0.25) is 5.91 Å². The van der Waals surface area contributed by atoms with Gasteiger partial charge in [0.15, 0.2) is 8.32 Å². The average Bonchev–Trinajstić information content (AvgIpc) is 0.785. The molecule has 3 aliphatic heterocycles. The zero-order valence-electron chi connectivity index (χ0n) is 76.2. The SMILES string of the molecule is CNC(=O)CCNC(=O)O[C@H]1C[C@@H](C)C=C2C=C[C@H](C)[C@H](CC[C@@H]3C[C@@H](OCc4ccc(OC)cc4)CC(=O)O3)[C@H]21.CNC(=O)NOCCNC(=O)O[C@H]1C[C@@H](C)C=C2C=C[C@H](C)[C@H](CC[C@@H]3C[C@@H](OCc4ccc(OC)cc4)CC(=O)O3)[C@H]21.CNC(=O)NOCCNC(=O)O[C@H]1C[C@@H](C)C=C2C=C[C@H](C)[C@H](CC[C@@H]3C[C@@H](O[Si](C)(C)C(C)(C)C)CC(=O)O3)[C@H]21. The highest BCUT2D eigenvalue weighted by Crippen LogP contribution is 2.50. The molecule has 11 rings (SSSR count). The zero-order chi connectivity index (χ0) is 90.5. The van der Waals surface area contributed by atoms with Crippen molar-refractivity contribution in [2.45, 2.75) is 251 Å². The number of nitrogens with one attached hydrogen (secondary N) is 8. The minimum Gasteiger partial charge on any atom is -0.497 e. The van der Waals surface area contributed by atoms with Gasteiger partial charge in [0.1, 0.15) is 48.1 Å². The Morgan fingerprint density at radius 3 is 1.11 bits per heavy atom. The lowest BCUT2D eigenvalue weighted by Gasteiger charge is -2.44. The fourth-order valence-corrected chi connectivity index (χ4v) is 19.7. The van der Waals surface area contributed by atoms with Crippen LogP contribution in [0.3, 0.4) is 0 Å². The number of hydroxylamine groups is 2. The molecule has 3 fully saturated rings. The largest absolute Gasteiger partial charge is 0.497 e. The van der Waals surface area contributed by atoms with Crippen LogP contribution < -0.4 is 52.3 Å². The third-order valence-corrected chi connectivity index (χ3v) is 30.4. The van der Waals surface area contributed by atoms with E-state index in [0.717, 1.165) is 80.4 Å². The molecule has 0 aromatic heterocycles. The molecular formula is C94H140N8O22Si. The summed E-state index contributed by atoms with van der Waals surface area (Å²) in [4.78, 5) is 119. The molecule has 0 bridgehead atoms. The lowest BCUT2D eigenvalue weighted by Crippen LogP contribution is -2.47. The Bertz CT molecular complexity index is 4070. The van der Waals surface area contributed by atoms with E-state index in [-0.39, 0.29) is 201 Å². The predicted octanol–water partition coefficient (Wildman–Crippen LogP) is 14.4. The van der Waals surface area contributed by atoms with Crippen LogP contribution in [-0.4, -0.2) is 186 Å². The summed E-state index contributed by atoms with van der Waals surface area (Å²) in [6, 6.07) is 14.5. The van der Waals surface area contributed by atoms with Crippen LogP contribution in [0, 0.1) is 71.0 Å². The maximum atomic E-state index is 12.7. The van der Waals surface area contributed by atoms with Gasteiger partial charge in [-0.2, -0.15) is 0 Å². The average molecular weight is 1760 g/mol. The van der Waals surface area contributed by atoms with Crippen LogP contribution in [0.5, 0.6) is 11.5 Å². The van der Waals surface area contributed by atoms with Crippen molar-refractivity contribution in [3.63, 3.8) is 0 Å². The molecule has 3 saturated heterocycles. The number of carbonyl (C=O) groups excluding carboxylic acids is 9. The quantitative estimate of drug-likeness (QED) is 0.0108. The minimum absolute atomic E-state index is 0.0505. The van der Waals surface area contributed by atoms with Crippen LogP contribution in [0.4, 0.5) is 24.0 Å². The lowest BCUT2D eigenvalue weighted by atomic mass is 9.65. The normalized spacial score (nSPS) is 29.0. The van der Waals surface area contributed by atoms with Crippen LogP contribution in [0.15, 0.2) is 120 Å². The number of carbonyl (C=O) groups is 9. The summed E-state index contributed by atoms with van der Waals surface area (Å²) in [5, 5.41) is 15.5. The number of amides is 8. The molecule has 0 saturated carbocycles. The number of alkyl carbamates (subject to hydrolysis) is 3. The summed E-state index contributed by atoms with van der Waals surface area (Å²) in [5.74, 6) is 3.40. The van der Waals surface area contributed by atoms with Crippen molar-refractivity contribution in [3.8, 4) is 11.5 Å². The summed E-state index contributed by atoms with van der Waals surface area (Å²) in [5.41, 5.74) is 10.1. The molecule has 21 atom stereocenters. The van der Waals surface area contributed by atoms with Crippen molar-refractivity contribution >= 4 is 62.5 Å². The number of allylic oxidation sites excluding steroid dienone is 9. The Balaban J connectivity index is 0.000000212. The van der Waals surface area contributed by atoms with E-state index in [1.807, 2.05) is 48.5 Å². The second kappa shape index (κ2) is 48.6. The number of fused-ring (bicyclic) bond motifs is 3. The maximum absolute atomic E-state index is 12.7. The van der Waals surface area contributed by atoms with Gasteiger partial charge in [0.25, 0.3) is 0 Å².